The van der Waals surface area contributed by atoms with Crippen LogP contribution in [0.25, 0.3) is 10.9 Å². The predicted octanol–water partition coefficient (Wildman–Crippen LogP) is 1.97. The molecule has 7 heteroatoms. The molecule has 0 saturated carbocycles. The van der Waals surface area contributed by atoms with Crippen molar-refractivity contribution < 1.29 is 0 Å². The van der Waals surface area contributed by atoms with Crippen LogP contribution in [0.4, 0.5) is 11.8 Å². The van der Waals surface area contributed by atoms with E-state index in [1.165, 1.54) is 0 Å². The van der Waals surface area contributed by atoms with Crippen molar-refractivity contribution in [2.24, 2.45) is 7.05 Å². The summed E-state index contributed by atoms with van der Waals surface area (Å²) in [6, 6.07) is 7.89. The van der Waals surface area contributed by atoms with Gasteiger partial charge in [-0.15, -0.1) is 10.2 Å². The molecule has 0 aliphatic heterocycles. The van der Waals surface area contributed by atoms with Crippen LogP contribution in [0.5, 0.6) is 0 Å². The van der Waals surface area contributed by atoms with Crippen LogP contribution in [0.15, 0.2) is 30.6 Å². The van der Waals surface area contributed by atoms with Crippen molar-refractivity contribution in [2.75, 3.05) is 17.7 Å². The van der Waals surface area contributed by atoms with Gasteiger partial charge in [0.25, 0.3) is 0 Å². The van der Waals surface area contributed by atoms with Crippen LogP contribution in [0.1, 0.15) is 18.8 Å². The molecule has 0 bridgehead atoms. The smallest absolute Gasteiger partial charge is 0.224 e. The minimum atomic E-state index is -0.0134. The summed E-state index contributed by atoms with van der Waals surface area (Å²) in [5, 5.41) is 15.4. The van der Waals surface area contributed by atoms with Gasteiger partial charge in [-0.25, -0.2) is 4.98 Å². The number of nitrogens with zero attached hydrogens (tertiary/aromatic N) is 5. The second-order valence-electron chi connectivity index (χ2n) is 4.83. The topological polar surface area (TPSA) is 80.5 Å². The Morgan fingerprint density at radius 1 is 1.19 bits per heavy atom. The molecule has 2 heterocycles. The highest BCUT2D eigenvalue weighted by Gasteiger charge is 2.14. The number of aryl methyl sites for hydroxylation is 1. The molecule has 1 atom stereocenters. The molecule has 0 fully saturated rings. The van der Waals surface area contributed by atoms with E-state index in [1.807, 2.05) is 42.8 Å². The normalized spacial score (nSPS) is 12.3. The highest BCUT2D eigenvalue weighted by molar-refractivity contribution is 5.90. The second-order valence-corrected chi connectivity index (χ2v) is 4.83. The van der Waals surface area contributed by atoms with Crippen molar-refractivity contribution in [1.82, 2.24) is 24.7 Å². The lowest BCUT2D eigenvalue weighted by molar-refractivity contribution is 0.717. The Kier molecular flexibility index (Phi) is 3.39. The minimum absolute atomic E-state index is 0.0134. The van der Waals surface area contributed by atoms with E-state index < -0.39 is 0 Å². The lowest BCUT2D eigenvalue weighted by Gasteiger charge is -2.16. The van der Waals surface area contributed by atoms with Crippen LogP contribution >= 0.6 is 0 Å². The van der Waals surface area contributed by atoms with Crippen LogP contribution in [0.3, 0.4) is 0 Å². The van der Waals surface area contributed by atoms with Gasteiger partial charge in [0, 0.05) is 19.5 Å². The fraction of sp³-hybridized carbons (Fsp3) is 0.286. The van der Waals surface area contributed by atoms with E-state index >= 15 is 0 Å². The number of hydrogen-bond acceptors (Lipinski definition) is 6. The lowest BCUT2D eigenvalue weighted by atomic mass is 10.2. The maximum absolute atomic E-state index is 4.51. The SMILES string of the molecule is CNc1nc(NC(C)c2nncn2C)c2ccccc2n1. The van der Waals surface area contributed by atoms with Gasteiger partial charge in [-0.1, -0.05) is 12.1 Å². The Labute approximate surface area is 122 Å². The summed E-state index contributed by atoms with van der Waals surface area (Å²) in [6.45, 7) is 2.03. The molecule has 0 amide bonds. The van der Waals surface area contributed by atoms with Gasteiger partial charge in [0.05, 0.1) is 11.6 Å². The summed E-state index contributed by atoms with van der Waals surface area (Å²) in [4.78, 5) is 8.95. The molecule has 108 valence electrons. The average Bonchev–Trinajstić information content (AvgIpc) is 2.93. The molecule has 0 saturated heterocycles. The zero-order valence-electron chi connectivity index (χ0n) is 12.2. The van der Waals surface area contributed by atoms with Crippen molar-refractivity contribution >= 4 is 22.7 Å². The summed E-state index contributed by atoms with van der Waals surface area (Å²) in [7, 11) is 3.73. The molecular weight excluding hydrogens is 266 g/mol. The van der Waals surface area contributed by atoms with E-state index in [1.54, 1.807) is 13.4 Å². The van der Waals surface area contributed by atoms with E-state index in [9.17, 15) is 0 Å². The third-order valence-electron chi connectivity index (χ3n) is 3.31. The minimum Gasteiger partial charge on any atom is -0.360 e. The van der Waals surface area contributed by atoms with Crippen LogP contribution in [0, 0.1) is 0 Å². The third-order valence-corrected chi connectivity index (χ3v) is 3.31. The van der Waals surface area contributed by atoms with Crippen molar-refractivity contribution in [2.45, 2.75) is 13.0 Å². The zero-order valence-corrected chi connectivity index (χ0v) is 12.2. The second kappa shape index (κ2) is 5.35. The standard InChI is InChI=1S/C14H17N7/c1-9(13-20-16-8-21(13)3)17-12-10-6-4-5-7-11(10)18-14(15-2)19-12/h4-9H,1-3H3,(H2,15,17,18,19). The van der Waals surface area contributed by atoms with E-state index in [-0.39, 0.29) is 6.04 Å². The summed E-state index contributed by atoms with van der Waals surface area (Å²) in [6.07, 6.45) is 1.69. The van der Waals surface area contributed by atoms with E-state index in [2.05, 4.69) is 30.8 Å². The van der Waals surface area contributed by atoms with Crippen LogP contribution < -0.4 is 10.6 Å². The number of benzene rings is 1. The highest BCUT2D eigenvalue weighted by Crippen LogP contribution is 2.25. The Bertz CT molecular complexity index is 765. The number of nitrogens with one attached hydrogen (secondary N) is 2. The Balaban J connectivity index is 2.01. The van der Waals surface area contributed by atoms with Gasteiger partial charge in [-0.3, -0.25) is 0 Å². The van der Waals surface area contributed by atoms with Gasteiger partial charge >= 0.3 is 0 Å². The monoisotopic (exact) mass is 283 g/mol. The molecule has 7 nitrogen and oxygen atoms in total. The first-order valence-electron chi connectivity index (χ1n) is 6.74. The molecule has 0 spiro atoms. The molecule has 2 N–H and O–H groups in total. The van der Waals surface area contributed by atoms with Crippen molar-refractivity contribution in [1.29, 1.82) is 0 Å². The molecule has 0 aliphatic carbocycles. The van der Waals surface area contributed by atoms with Gasteiger partial charge in [-0.2, -0.15) is 4.98 Å². The molecule has 21 heavy (non-hydrogen) atoms. The number of fused-ring (bicyclic) bond motifs is 1. The number of anilines is 2. The Morgan fingerprint density at radius 3 is 2.71 bits per heavy atom. The maximum Gasteiger partial charge on any atom is 0.224 e. The van der Waals surface area contributed by atoms with E-state index in [0.29, 0.717) is 5.95 Å². The van der Waals surface area contributed by atoms with Crippen LogP contribution in [-0.4, -0.2) is 31.8 Å². The van der Waals surface area contributed by atoms with Gasteiger partial charge in [0.1, 0.15) is 12.1 Å². The van der Waals surface area contributed by atoms with Gasteiger partial charge in [-0.05, 0) is 19.1 Å². The Hall–Kier alpha value is -2.70. The number of aromatic nitrogens is 5. The fourth-order valence-corrected chi connectivity index (χ4v) is 2.25. The summed E-state index contributed by atoms with van der Waals surface area (Å²) in [5.74, 6) is 2.21. The first kappa shape index (κ1) is 13.3. The number of para-hydroxylation sites is 1. The number of hydrogen-bond donors (Lipinski definition) is 2. The van der Waals surface area contributed by atoms with Gasteiger partial charge < -0.3 is 15.2 Å². The summed E-state index contributed by atoms with van der Waals surface area (Å²) >= 11 is 0. The van der Waals surface area contributed by atoms with E-state index in [4.69, 9.17) is 0 Å². The first-order valence-corrected chi connectivity index (χ1v) is 6.74. The van der Waals surface area contributed by atoms with Gasteiger partial charge in [0.2, 0.25) is 5.95 Å². The molecule has 3 aromatic rings. The highest BCUT2D eigenvalue weighted by atomic mass is 15.3. The Morgan fingerprint density at radius 2 is 2.00 bits per heavy atom. The molecule has 1 aromatic carbocycles. The average molecular weight is 283 g/mol. The van der Waals surface area contributed by atoms with Crippen LogP contribution in [0.2, 0.25) is 0 Å². The molecule has 1 unspecified atom stereocenters. The first-order chi connectivity index (χ1) is 10.2. The lowest BCUT2D eigenvalue weighted by Crippen LogP contribution is -2.14. The molecule has 0 aliphatic rings. The molecule has 3 rings (SSSR count). The van der Waals surface area contributed by atoms with Crippen molar-refractivity contribution in [3.63, 3.8) is 0 Å². The quantitative estimate of drug-likeness (QED) is 0.762. The summed E-state index contributed by atoms with van der Waals surface area (Å²) in [5.41, 5.74) is 0.893. The van der Waals surface area contributed by atoms with Crippen molar-refractivity contribution in [3.05, 3.63) is 36.4 Å². The summed E-state index contributed by atoms with van der Waals surface area (Å²) < 4.78 is 1.89. The van der Waals surface area contributed by atoms with Crippen molar-refractivity contribution in [3.8, 4) is 0 Å². The predicted molar refractivity (Wildman–Crippen MR) is 82.1 cm³/mol. The number of rotatable bonds is 4. The van der Waals surface area contributed by atoms with Crippen LogP contribution in [-0.2, 0) is 7.05 Å². The molecule has 0 radical (unpaired) electrons. The largest absolute Gasteiger partial charge is 0.360 e. The maximum atomic E-state index is 4.51. The molecule has 2 aromatic heterocycles. The third kappa shape index (κ3) is 2.49. The zero-order chi connectivity index (χ0) is 14.8. The van der Waals surface area contributed by atoms with Gasteiger partial charge in [0.15, 0.2) is 5.82 Å². The molecular formula is C14H17N7. The fourth-order valence-electron chi connectivity index (χ4n) is 2.25. The van der Waals surface area contributed by atoms with E-state index in [0.717, 1.165) is 22.5 Å².